The summed E-state index contributed by atoms with van der Waals surface area (Å²) < 4.78 is 16.1. The van der Waals surface area contributed by atoms with Crippen molar-refractivity contribution in [2.45, 2.75) is 12.8 Å². The molecule has 3 amide bonds. The van der Waals surface area contributed by atoms with Gasteiger partial charge in [0.15, 0.2) is 0 Å². The van der Waals surface area contributed by atoms with E-state index in [1.165, 1.54) is 38.5 Å². The smallest absolute Gasteiger partial charge is 0.322 e. The minimum Gasteiger partial charge on any atom is -0.497 e. The monoisotopic (exact) mass is 422 g/mol. The van der Waals surface area contributed by atoms with E-state index in [9.17, 15) is 14.4 Å². The molecular formula is C21H18N4O6. The van der Waals surface area contributed by atoms with Gasteiger partial charge in [0.2, 0.25) is 11.8 Å². The van der Waals surface area contributed by atoms with E-state index < -0.39 is 5.91 Å². The van der Waals surface area contributed by atoms with Crippen LogP contribution in [0.3, 0.4) is 0 Å². The highest BCUT2D eigenvalue weighted by Gasteiger charge is 2.30. The van der Waals surface area contributed by atoms with Gasteiger partial charge in [-0.2, -0.15) is 0 Å². The van der Waals surface area contributed by atoms with E-state index >= 15 is 0 Å². The Kier molecular flexibility index (Phi) is 5.35. The Morgan fingerprint density at radius 1 is 1.00 bits per heavy atom. The van der Waals surface area contributed by atoms with E-state index in [1.54, 1.807) is 18.2 Å². The Bertz CT molecular complexity index is 1140. The largest absolute Gasteiger partial charge is 0.497 e. The fourth-order valence-electron chi connectivity index (χ4n) is 3.16. The maximum absolute atomic E-state index is 12.5. The molecule has 1 N–H and O–H groups in total. The summed E-state index contributed by atoms with van der Waals surface area (Å²) in [5, 5.41) is 10.3. The molecule has 1 aromatic heterocycles. The van der Waals surface area contributed by atoms with E-state index in [1.807, 2.05) is 0 Å². The van der Waals surface area contributed by atoms with Crippen molar-refractivity contribution in [1.82, 2.24) is 10.2 Å². The molecule has 0 unspecified atom stereocenters. The molecule has 0 bridgehead atoms. The lowest BCUT2D eigenvalue weighted by atomic mass is 10.2. The SMILES string of the molecule is COc1ccc(OC)c(-c2nnc(NC(=O)c3ccc(N4C(=O)CCC4=O)cc3)o2)c1. The lowest BCUT2D eigenvalue weighted by Crippen LogP contribution is -2.28. The van der Waals surface area contributed by atoms with Crippen LogP contribution in [0, 0.1) is 0 Å². The first-order chi connectivity index (χ1) is 15.0. The third-order valence-electron chi connectivity index (χ3n) is 4.72. The van der Waals surface area contributed by atoms with Crippen LogP contribution in [0.4, 0.5) is 11.7 Å². The molecule has 2 aromatic carbocycles. The zero-order valence-corrected chi connectivity index (χ0v) is 16.7. The molecule has 2 heterocycles. The van der Waals surface area contributed by atoms with Crippen LogP contribution in [0.15, 0.2) is 46.9 Å². The summed E-state index contributed by atoms with van der Waals surface area (Å²) in [6, 6.07) is 11.1. The summed E-state index contributed by atoms with van der Waals surface area (Å²) in [6.07, 6.45) is 0.386. The lowest BCUT2D eigenvalue weighted by molar-refractivity contribution is -0.121. The Hall–Kier alpha value is -4.21. The highest BCUT2D eigenvalue weighted by atomic mass is 16.5. The molecule has 10 nitrogen and oxygen atoms in total. The van der Waals surface area contributed by atoms with Gasteiger partial charge in [-0.3, -0.25) is 24.6 Å². The third-order valence-corrected chi connectivity index (χ3v) is 4.72. The second-order valence-corrected chi connectivity index (χ2v) is 6.60. The van der Waals surface area contributed by atoms with E-state index in [4.69, 9.17) is 13.9 Å². The van der Waals surface area contributed by atoms with Gasteiger partial charge >= 0.3 is 6.01 Å². The average molecular weight is 422 g/mol. The molecule has 158 valence electrons. The van der Waals surface area contributed by atoms with Gasteiger partial charge in [-0.05, 0) is 42.5 Å². The Labute approximate surface area is 176 Å². The quantitative estimate of drug-likeness (QED) is 0.601. The van der Waals surface area contributed by atoms with Crippen molar-refractivity contribution in [3.05, 3.63) is 48.0 Å². The standard InChI is InChI=1S/C21H18N4O6/c1-29-14-7-8-16(30-2)15(11-14)20-23-24-21(31-20)22-19(28)12-3-5-13(6-4-12)25-17(26)9-10-18(25)27/h3-8,11H,9-10H2,1-2H3,(H,22,24,28). The van der Waals surface area contributed by atoms with Crippen LogP contribution in [0.1, 0.15) is 23.2 Å². The number of hydrogen-bond donors (Lipinski definition) is 1. The van der Waals surface area contributed by atoms with Crippen LogP contribution in [-0.2, 0) is 9.59 Å². The first-order valence-corrected chi connectivity index (χ1v) is 9.33. The lowest BCUT2D eigenvalue weighted by Gasteiger charge is -2.13. The van der Waals surface area contributed by atoms with Gasteiger partial charge in [-0.1, -0.05) is 5.10 Å². The number of amides is 3. The molecule has 0 aliphatic carbocycles. The van der Waals surface area contributed by atoms with Crippen molar-refractivity contribution < 1.29 is 28.3 Å². The number of nitrogens with zero attached hydrogens (tertiary/aromatic N) is 3. The third kappa shape index (κ3) is 3.95. The highest BCUT2D eigenvalue weighted by Crippen LogP contribution is 2.33. The second-order valence-electron chi connectivity index (χ2n) is 6.60. The average Bonchev–Trinajstić information content (AvgIpc) is 3.39. The fraction of sp³-hybridized carbons (Fsp3) is 0.190. The topological polar surface area (TPSA) is 124 Å². The van der Waals surface area contributed by atoms with Crippen molar-refractivity contribution in [3.63, 3.8) is 0 Å². The number of carbonyl (C=O) groups is 3. The Balaban J connectivity index is 1.50. The van der Waals surface area contributed by atoms with Gasteiger partial charge in [-0.15, -0.1) is 5.10 Å². The number of benzene rings is 2. The van der Waals surface area contributed by atoms with Crippen molar-refractivity contribution in [2.24, 2.45) is 0 Å². The number of rotatable bonds is 6. The molecule has 1 aliphatic heterocycles. The molecule has 4 rings (SSSR count). The molecule has 31 heavy (non-hydrogen) atoms. The molecule has 0 spiro atoms. The summed E-state index contributed by atoms with van der Waals surface area (Å²) >= 11 is 0. The van der Waals surface area contributed by atoms with Crippen LogP contribution < -0.4 is 19.7 Å². The van der Waals surface area contributed by atoms with Gasteiger partial charge in [0, 0.05) is 18.4 Å². The number of ether oxygens (including phenoxy) is 2. The zero-order valence-electron chi connectivity index (χ0n) is 16.7. The van der Waals surface area contributed by atoms with Crippen LogP contribution >= 0.6 is 0 Å². The molecule has 1 saturated heterocycles. The number of nitrogens with one attached hydrogen (secondary N) is 1. The van der Waals surface area contributed by atoms with Gasteiger partial charge in [-0.25, -0.2) is 0 Å². The molecule has 3 aromatic rings. The van der Waals surface area contributed by atoms with Crippen molar-refractivity contribution >= 4 is 29.4 Å². The van der Waals surface area contributed by atoms with E-state index in [0.29, 0.717) is 28.3 Å². The van der Waals surface area contributed by atoms with Crippen LogP contribution in [0.2, 0.25) is 0 Å². The van der Waals surface area contributed by atoms with Crippen molar-refractivity contribution in [3.8, 4) is 23.0 Å². The molecule has 0 saturated carbocycles. The highest BCUT2D eigenvalue weighted by molar-refractivity contribution is 6.20. The maximum atomic E-state index is 12.5. The predicted molar refractivity (Wildman–Crippen MR) is 109 cm³/mol. The Morgan fingerprint density at radius 3 is 2.35 bits per heavy atom. The first kappa shape index (κ1) is 20.1. The number of hydrogen-bond acceptors (Lipinski definition) is 8. The fourth-order valence-corrected chi connectivity index (χ4v) is 3.16. The summed E-state index contributed by atoms with van der Waals surface area (Å²) in [5.41, 5.74) is 1.23. The number of anilines is 2. The summed E-state index contributed by atoms with van der Waals surface area (Å²) in [4.78, 5) is 37.3. The minimum atomic E-state index is -0.488. The van der Waals surface area contributed by atoms with Gasteiger partial charge in [0.05, 0.1) is 25.5 Å². The molecule has 10 heteroatoms. The number of aromatic nitrogens is 2. The van der Waals surface area contributed by atoms with E-state index in [2.05, 4.69) is 15.5 Å². The first-order valence-electron chi connectivity index (χ1n) is 9.33. The zero-order chi connectivity index (χ0) is 22.0. The molecule has 1 fully saturated rings. The normalized spacial score (nSPS) is 13.4. The molecule has 0 radical (unpaired) electrons. The van der Waals surface area contributed by atoms with Gasteiger partial charge in [0.25, 0.3) is 11.8 Å². The summed E-state index contributed by atoms with van der Waals surface area (Å²) in [5.74, 6) is 0.228. The number of carbonyl (C=O) groups excluding carboxylic acids is 3. The Morgan fingerprint density at radius 2 is 1.71 bits per heavy atom. The van der Waals surface area contributed by atoms with Crippen LogP contribution in [0.25, 0.3) is 11.5 Å². The number of methoxy groups -OCH3 is 2. The molecule has 1 aliphatic rings. The number of imide groups is 1. The second kappa shape index (κ2) is 8.27. The molecular weight excluding hydrogens is 404 g/mol. The van der Waals surface area contributed by atoms with Gasteiger partial charge < -0.3 is 13.9 Å². The van der Waals surface area contributed by atoms with E-state index in [0.717, 1.165) is 4.90 Å². The van der Waals surface area contributed by atoms with E-state index in [-0.39, 0.29) is 36.6 Å². The minimum absolute atomic E-state index is 0.0983. The summed E-state index contributed by atoms with van der Waals surface area (Å²) in [6.45, 7) is 0. The predicted octanol–water partition coefficient (Wildman–Crippen LogP) is 2.66. The van der Waals surface area contributed by atoms with Gasteiger partial charge in [0.1, 0.15) is 11.5 Å². The summed E-state index contributed by atoms with van der Waals surface area (Å²) in [7, 11) is 3.04. The van der Waals surface area contributed by atoms with Crippen molar-refractivity contribution in [2.75, 3.05) is 24.4 Å². The van der Waals surface area contributed by atoms with Crippen molar-refractivity contribution in [1.29, 1.82) is 0 Å². The maximum Gasteiger partial charge on any atom is 0.322 e. The van der Waals surface area contributed by atoms with Crippen LogP contribution in [0.5, 0.6) is 11.5 Å². The molecule has 0 atom stereocenters. The van der Waals surface area contributed by atoms with Crippen LogP contribution in [-0.4, -0.2) is 42.1 Å².